The van der Waals surface area contributed by atoms with E-state index in [0.717, 1.165) is 18.4 Å². The van der Waals surface area contributed by atoms with Gasteiger partial charge in [-0.2, -0.15) is 0 Å². The molecule has 19 heavy (non-hydrogen) atoms. The number of carboxylic acid groups (broad SMARTS) is 1. The molecule has 1 fully saturated rings. The van der Waals surface area contributed by atoms with Crippen molar-refractivity contribution in [1.29, 1.82) is 0 Å². The van der Waals surface area contributed by atoms with Gasteiger partial charge in [-0.15, -0.1) is 0 Å². The number of likely N-dealkylation sites (tertiary alicyclic amines) is 1. The molecule has 1 aromatic heterocycles. The maximum atomic E-state index is 12.2. The highest BCUT2D eigenvalue weighted by molar-refractivity contribution is 5.86. The third-order valence-electron chi connectivity index (χ3n) is 3.32. The lowest BCUT2D eigenvalue weighted by Gasteiger charge is -2.27. The zero-order valence-corrected chi connectivity index (χ0v) is 10.5. The van der Waals surface area contributed by atoms with Crippen LogP contribution in [0.15, 0.2) is 24.5 Å². The minimum absolute atomic E-state index is 0.0407. The first kappa shape index (κ1) is 13.5. The lowest BCUT2D eigenvalue weighted by Crippen LogP contribution is -2.44. The van der Waals surface area contributed by atoms with Crippen LogP contribution in [-0.4, -0.2) is 39.5 Å². The SMILES string of the molecule is NC(CC(=O)O)C(=O)N1CCCC1c1cccnc1. The van der Waals surface area contributed by atoms with Gasteiger partial charge in [-0.3, -0.25) is 14.6 Å². The van der Waals surface area contributed by atoms with Gasteiger partial charge in [0.15, 0.2) is 0 Å². The van der Waals surface area contributed by atoms with Crippen molar-refractivity contribution >= 4 is 11.9 Å². The Morgan fingerprint density at radius 2 is 2.37 bits per heavy atom. The molecule has 6 nitrogen and oxygen atoms in total. The Bertz CT molecular complexity index is 463. The number of nitrogens with two attached hydrogens (primary N) is 1. The van der Waals surface area contributed by atoms with Gasteiger partial charge in [0, 0.05) is 18.9 Å². The summed E-state index contributed by atoms with van der Waals surface area (Å²) in [6.45, 7) is 0.617. The fraction of sp³-hybridized carbons (Fsp3) is 0.462. The molecule has 0 aromatic carbocycles. The van der Waals surface area contributed by atoms with E-state index in [1.807, 2.05) is 12.1 Å². The van der Waals surface area contributed by atoms with Gasteiger partial charge in [0.1, 0.15) is 0 Å². The van der Waals surface area contributed by atoms with E-state index in [2.05, 4.69) is 4.98 Å². The number of carbonyl (C=O) groups is 2. The Morgan fingerprint density at radius 3 is 3.00 bits per heavy atom. The van der Waals surface area contributed by atoms with Gasteiger partial charge in [-0.05, 0) is 24.5 Å². The predicted octanol–water partition coefficient (Wildman–Crippen LogP) is 0.547. The first-order chi connectivity index (χ1) is 9.09. The predicted molar refractivity (Wildman–Crippen MR) is 68.2 cm³/mol. The first-order valence-electron chi connectivity index (χ1n) is 6.27. The molecule has 1 amide bonds. The lowest BCUT2D eigenvalue weighted by molar-refractivity contribution is -0.142. The van der Waals surface area contributed by atoms with E-state index in [1.165, 1.54) is 0 Å². The van der Waals surface area contributed by atoms with Crippen LogP contribution in [-0.2, 0) is 9.59 Å². The minimum Gasteiger partial charge on any atom is -0.481 e. The number of hydrogen-bond donors (Lipinski definition) is 2. The quantitative estimate of drug-likeness (QED) is 0.826. The normalized spacial score (nSPS) is 20.3. The molecule has 6 heteroatoms. The van der Waals surface area contributed by atoms with Crippen LogP contribution in [0.2, 0.25) is 0 Å². The van der Waals surface area contributed by atoms with Gasteiger partial charge in [0.25, 0.3) is 0 Å². The molecule has 1 aliphatic rings. The average molecular weight is 263 g/mol. The van der Waals surface area contributed by atoms with Crippen LogP contribution in [0.25, 0.3) is 0 Å². The number of amides is 1. The van der Waals surface area contributed by atoms with Crippen LogP contribution in [0.5, 0.6) is 0 Å². The fourth-order valence-electron chi connectivity index (χ4n) is 2.44. The summed E-state index contributed by atoms with van der Waals surface area (Å²) in [5.74, 6) is -1.35. The second-order valence-corrected chi connectivity index (χ2v) is 4.68. The molecule has 1 saturated heterocycles. The van der Waals surface area contributed by atoms with Crippen LogP contribution in [0.3, 0.4) is 0 Å². The molecular weight excluding hydrogens is 246 g/mol. The minimum atomic E-state index is -1.06. The number of pyridine rings is 1. The summed E-state index contributed by atoms with van der Waals surface area (Å²) in [7, 11) is 0. The number of aliphatic carboxylic acids is 1. The van der Waals surface area contributed by atoms with Crippen molar-refractivity contribution in [3.8, 4) is 0 Å². The molecule has 1 aromatic rings. The van der Waals surface area contributed by atoms with Crippen molar-refractivity contribution in [3.05, 3.63) is 30.1 Å². The van der Waals surface area contributed by atoms with E-state index in [0.29, 0.717) is 6.54 Å². The van der Waals surface area contributed by atoms with E-state index in [9.17, 15) is 9.59 Å². The smallest absolute Gasteiger partial charge is 0.305 e. The van der Waals surface area contributed by atoms with Crippen molar-refractivity contribution in [1.82, 2.24) is 9.88 Å². The molecule has 0 bridgehead atoms. The van der Waals surface area contributed by atoms with Crippen molar-refractivity contribution in [2.75, 3.05) is 6.54 Å². The van der Waals surface area contributed by atoms with Crippen molar-refractivity contribution in [2.45, 2.75) is 31.3 Å². The Balaban J connectivity index is 2.11. The summed E-state index contributed by atoms with van der Waals surface area (Å²) >= 11 is 0. The van der Waals surface area contributed by atoms with Gasteiger partial charge in [0.05, 0.1) is 18.5 Å². The molecule has 102 valence electrons. The fourth-order valence-corrected chi connectivity index (χ4v) is 2.44. The molecule has 0 saturated carbocycles. The largest absolute Gasteiger partial charge is 0.481 e. The van der Waals surface area contributed by atoms with E-state index in [-0.39, 0.29) is 18.4 Å². The number of aromatic nitrogens is 1. The summed E-state index contributed by atoms with van der Waals surface area (Å²) in [5.41, 5.74) is 6.62. The second kappa shape index (κ2) is 5.79. The van der Waals surface area contributed by atoms with Crippen LogP contribution < -0.4 is 5.73 Å². The van der Waals surface area contributed by atoms with Crippen LogP contribution >= 0.6 is 0 Å². The number of carboxylic acids is 1. The number of nitrogens with zero attached hydrogens (tertiary/aromatic N) is 2. The van der Waals surface area contributed by atoms with Crippen LogP contribution in [0.1, 0.15) is 30.9 Å². The summed E-state index contributed by atoms with van der Waals surface area (Å²) in [6, 6.07) is 2.73. The summed E-state index contributed by atoms with van der Waals surface area (Å²) in [5, 5.41) is 8.70. The van der Waals surface area contributed by atoms with Gasteiger partial charge in [0.2, 0.25) is 5.91 Å². The molecule has 2 heterocycles. The molecule has 0 radical (unpaired) electrons. The molecule has 0 spiro atoms. The average Bonchev–Trinajstić information content (AvgIpc) is 2.87. The second-order valence-electron chi connectivity index (χ2n) is 4.68. The molecule has 2 unspecified atom stereocenters. The molecule has 0 aliphatic carbocycles. The lowest BCUT2D eigenvalue weighted by atomic mass is 10.1. The van der Waals surface area contributed by atoms with Crippen molar-refractivity contribution in [2.24, 2.45) is 5.73 Å². The first-order valence-corrected chi connectivity index (χ1v) is 6.27. The maximum Gasteiger partial charge on any atom is 0.305 e. The molecular formula is C13H17N3O3. The topological polar surface area (TPSA) is 96.5 Å². The van der Waals surface area contributed by atoms with Crippen LogP contribution in [0.4, 0.5) is 0 Å². The summed E-state index contributed by atoms with van der Waals surface area (Å²) < 4.78 is 0. The monoisotopic (exact) mass is 263 g/mol. The molecule has 2 rings (SSSR count). The number of hydrogen-bond acceptors (Lipinski definition) is 4. The Hall–Kier alpha value is -1.95. The summed E-state index contributed by atoms with van der Waals surface area (Å²) in [4.78, 5) is 28.5. The summed E-state index contributed by atoms with van der Waals surface area (Å²) in [6.07, 6.45) is 4.83. The number of carbonyl (C=O) groups excluding carboxylic acids is 1. The Labute approximate surface area is 111 Å². The highest BCUT2D eigenvalue weighted by atomic mass is 16.4. The van der Waals surface area contributed by atoms with E-state index < -0.39 is 12.0 Å². The Kier molecular flexibility index (Phi) is 4.11. The van der Waals surface area contributed by atoms with Gasteiger partial charge in [-0.25, -0.2) is 0 Å². The van der Waals surface area contributed by atoms with Crippen molar-refractivity contribution in [3.63, 3.8) is 0 Å². The van der Waals surface area contributed by atoms with E-state index >= 15 is 0 Å². The zero-order valence-electron chi connectivity index (χ0n) is 10.5. The molecule has 2 atom stereocenters. The molecule has 3 N–H and O–H groups in total. The van der Waals surface area contributed by atoms with Crippen molar-refractivity contribution < 1.29 is 14.7 Å². The highest BCUT2D eigenvalue weighted by Gasteiger charge is 2.33. The van der Waals surface area contributed by atoms with Gasteiger partial charge < -0.3 is 15.7 Å². The number of rotatable bonds is 4. The standard InChI is InChI=1S/C13H17N3O3/c14-10(7-12(17)18)13(19)16-6-2-4-11(16)9-3-1-5-15-8-9/h1,3,5,8,10-11H,2,4,6-7,14H2,(H,17,18). The van der Waals surface area contributed by atoms with Gasteiger partial charge >= 0.3 is 5.97 Å². The van der Waals surface area contributed by atoms with E-state index in [4.69, 9.17) is 10.8 Å². The maximum absolute atomic E-state index is 12.2. The Morgan fingerprint density at radius 1 is 1.58 bits per heavy atom. The highest BCUT2D eigenvalue weighted by Crippen LogP contribution is 2.31. The third-order valence-corrected chi connectivity index (χ3v) is 3.32. The molecule has 1 aliphatic heterocycles. The van der Waals surface area contributed by atoms with Crippen LogP contribution in [0, 0.1) is 0 Å². The zero-order chi connectivity index (χ0) is 13.8. The van der Waals surface area contributed by atoms with Gasteiger partial charge in [-0.1, -0.05) is 6.07 Å². The van der Waals surface area contributed by atoms with E-state index in [1.54, 1.807) is 17.3 Å². The third kappa shape index (κ3) is 3.08.